The molecule has 0 saturated carbocycles. The van der Waals surface area contributed by atoms with Gasteiger partial charge in [-0.1, -0.05) is 23.2 Å². The maximum Gasteiger partial charge on any atom is 0.357 e. The van der Waals surface area contributed by atoms with Crippen LogP contribution < -0.4 is 9.64 Å². The van der Waals surface area contributed by atoms with E-state index in [1.54, 1.807) is 29.2 Å². The predicted octanol–water partition coefficient (Wildman–Crippen LogP) is 4.54. The number of thiocarbonyl (C=S) groups is 1. The number of aromatic nitrogens is 1. The number of esters is 1. The standard InChI is InChI=1S/C23H22Cl2N2O6S/c1-23(2)32-17-5-6-29-18(20(17)33-23)11-30-21(28)16-4-3-14(9-26-16)27-10-12-7-13(24)8-15(25)19(12)31-22(27)34/h3-4,7-9,17-18,20H,5-6,10-11H2,1-2H3/t17-,18-,20-/m1/s1. The molecule has 11 heteroatoms. The summed E-state index contributed by atoms with van der Waals surface area (Å²) in [5.41, 5.74) is 1.61. The van der Waals surface area contributed by atoms with Crippen LogP contribution in [0.25, 0.3) is 0 Å². The summed E-state index contributed by atoms with van der Waals surface area (Å²) < 4.78 is 28.8. The summed E-state index contributed by atoms with van der Waals surface area (Å²) in [7, 11) is 0. The van der Waals surface area contributed by atoms with Gasteiger partial charge in [0.25, 0.3) is 5.17 Å². The number of carbonyl (C=O) groups excluding carboxylic acids is 1. The van der Waals surface area contributed by atoms with Crippen molar-refractivity contribution < 1.29 is 28.5 Å². The molecule has 2 fully saturated rings. The Bertz CT molecular complexity index is 1130. The molecule has 1 aromatic heterocycles. The number of carbonyl (C=O) groups is 1. The van der Waals surface area contributed by atoms with Crippen LogP contribution in [0.4, 0.5) is 5.69 Å². The quantitative estimate of drug-likeness (QED) is 0.422. The fourth-order valence-corrected chi connectivity index (χ4v) is 5.12. The monoisotopic (exact) mass is 524 g/mol. The lowest BCUT2D eigenvalue weighted by Gasteiger charge is -2.31. The number of halogens is 2. The second kappa shape index (κ2) is 9.22. The van der Waals surface area contributed by atoms with Gasteiger partial charge < -0.3 is 23.7 Å². The molecular weight excluding hydrogens is 503 g/mol. The molecule has 34 heavy (non-hydrogen) atoms. The minimum atomic E-state index is -0.682. The molecule has 3 aliphatic heterocycles. The fraction of sp³-hybridized carbons (Fsp3) is 0.435. The molecule has 0 spiro atoms. The summed E-state index contributed by atoms with van der Waals surface area (Å²) >= 11 is 17.7. The van der Waals surface area contributed by atoms with E-state index < -0.39 is 17.9 Å². The van der Waals surface area contributed by atoms with Gasteiger partial charge >= 0.3 is 5.97 Å². The van der Waals surface area contributed by atoms with Gasteiger partial charge in [0.15, 0.2) is 11.5 Å². The van der Waals surface area contributed by atoms with Crippen LogP contribution in [0.2, 0.25) is 10.0 Å². The average molecular weight is 525 g/mol. The molecule has 4 heterocycles. The Morgan fingerprint density at radius 2 is 2.12 bits per heavy atom. The van der Waals surface area contributed by atoms with Gasteiger partial charge in [0.05, 0.1) is 29.6 Å². The number of hydrogen-bond acceptors (Lipinski definition) is 8. The lowest BCUT2D eigenvalue weighted by molar-refractivity contribution is -0.157. The Morgan fingerprint density at radius 1 is 1.29 bits per heavy atom. The first kappa shape index (κ1) is 23.7. The lowest BCUT2D eigenvalue weighted by Crippen LogP contribution is -2.45. The zero-order valence-corrected chi connectivity index (χ0v) is 20.8. The van der Waals surface area contributed by atoms with E-state index >= 15 is 0 Å². The molecule has 2 saturated heterocycles. The third-order valence-corrected chi connectivity index (χ3v) is 6.60. The highest BCUT2D eigenvalue weighted by Crippen LogP contribution is 2.38. The van der Waals surface area contributed by atoms with Crippen molar-refractivity contribution >= 4 is 52.3 Å². The summed E-state index contributed by atoms with van der Waals surface area (Å²) in [5, 5.41) is 1.12. The van der Waals surface area contributed by atoms with Gasteiger partial charge in [-0.05, 0) is 56.8 Å². The van der Waals surface area contributed by atoms with Gasteiger partial charge in [-0.2, -0.15) is 0 Å². The first-order valence-corrected chi connectivity index (χ1v) is 11.9. The van der Waals surface area contributed by atoms with E-state index in [1.165, 1.54) is 6.20 Å². The summed E-state index contributed by atoms with van der Waals surface area (Å²) in [6.07, 6.45) is 1.53. The smallest absolute Gasteiger partial charge is 0.357 e. The lowest BCUT2D eigenvalue weighted by atomic mass is 10.0. The second-order valence-corrected chi connectivity index (χ2v) is 9.86. The molecule has 0 N–H and O–H groups in total. The van der Waals surface area contributed by atoms with E-state index in [0.29, 0.717) is 34.6 Å². The van der Waals surface area contributed by atoms with Crippen molar-refractivity contribution in [1.29, 1.82) is 0 Å². The minimum Gasteiger partial charge on any atom is -0.458 e. The molecular formula is C23H22Cl2N2O6S. The first-order valence-electron chi connectivity index (χ1n) is 10.8. The Hall–Kier alpha value is -2.01. The Kier molecular flexibility index (Phi) is 6.43. The van der Waals surface area contributed by atoms with Gasteiger partial charge in [-0.25, -0.2) is 9.78 Å². The van der Waals surface area contributed by atoms with Crippen molar-refractivity contribution in [1.82, 2.24) is 4.98 Å². The van der Waals surface area contributed by atoms with Crippen LogP contribution in [0.15, 0.2) is 30.5 Å². The zero-order chi connectivity index (χ0) is 24.0. The van der Waals surface area contributed by atoms with Crippen LogP contribution in [0.1, 0.15) is 36.3 Å². The van der Waals surface area contributed by atoms with Crippen molar-refractivity contribution in [3.05, 3.63) is 51.8 Å². The summed E-state index contributed by atoms with van der Waals surface area (Å²) in [4.78, 5) is 18.6. The number of anilines is 1. The molecule has 0 radical (unpaired) electrons. The van der Waals surface area contributed by atoms with Crippen molar-refractivity contribution in [3.63, 3.8) is 0 Å². The number of hydrogen-bond donors (Lipinski definition) is 0. The van der Waals surface area contributed by atoms with Crippen LogP contribution in [0.3, 0.4) is 0 Å². The van der Waals surface area contributed by atoms with E-state index in [9.17, 15) is 4.79 Å². The summed E-state index contributed by atoms with van der Waals surface area (Å²) in [6.45, 7) is 4.69. The van der Waals surface area contributed by atoms with Crippen LogP contribution in [-0.2, 0) is 25.5 Å². The third kappa shape index (κ3) is 4.73. The van der Waals surface area contributed by atoms with E-state index in [1.807, 2.05) is 13.8 Å². The zero-order valence-electron chi connectivity index (χ0n) is 18.5. The number of rotatable bonds is 4. The van der Waals surface area contributed by atoms with Crippen molar-refractivity contribution in [2.24, 2.45) is 0 Å². The maximum atomic E-state index is 12.6. The van der Waals surface area contributed by atoms with E-state index in [2.05, 4.69) is 4.98 Å². The van der Waals surface area contributed by atoms with Gasteiger partial charge in [-0.15, -0.1) is 0 Å². The normalized spacial score (nSPS) is 25.4. The fourth-order valence-electron chi connectivity index (χ4n) is 4.29. The molecule has 0 amide bonds. The number of fused-ring (bicyclic) bond motifs is 2. The predicted molar refractivity (Wildman–Crippen MR) is 129 cm³/mol. The molecule has 180 valence electrons. The Balaban J connectivity index is 1.23. The van der Waals surface area contributed by atoms with E-state index in [4.69, 9.17) is 59.1 Å². The first-order chi connectivity index (χ1) is 16.2. The van der Waals surface area contributed by atoms with Gasteiger partial charge in [0.2, 0.25) is 0 Å². The number of ether oxygens (including phenoxy) is 5. The van der Waals surface area contributed by atoms with Crippen molar-refractivity contribution in [2.45, 2.75) is 50.9 Å². The Labute approximate surface area is 212 Å². The molecule has 5 rings (SSSR count). The average Bonchev–Trinajstić information content (AvgIpc) is 3.12. The molecule has 8 nitrogen and oxygen atoms in total. The molecule has 0 bridgehead atoms. The van der Waals surface area contributed by atoms with Crippen LogP contribution >= 0.6 is 35.4 Å². The minimum absolute atomic E-state index is 0.0469. The number of nitrogens with zero attached hydrogens (tertiary/aromatic N) is 2. The highest BCUT2D eigenvalue weighted by Gasteiger charge is 2.48. The van der Waals surface area contributed by atoms with Crippen LogP contribution in [0.5, 0.6) is 5.75 Å². The van der Waals surface area contributed by atoms with E-state index in [0.717, 1.165) is 12.0 Å². The maximum absolute atomic E-state index is 12.6. The van der Waals surface area contributed by atoms with Crippen LogP contribution in [-0.4, -0.2) is 53.4 Å². The van der Waals surface area contributed by atoms with Gasteiger partial charge in [-0.3, -0.25) is 4.90 Å². The van der Waals surface area contributed by atoms with Crippen molar-refractivity contribution in [3.8, 4) is 5.75 Å². The molecule has 0 aliphatic carbocycles. The van der Waals surface area contributed by atoms with Gasteiger partial charge in [0.1, 0.15) is 24.5 Å². The van der Waals surface area contributed by atoms with Crippen LogP contribution in [0, 0.1) is 0 Å². The molecule has 2 aromatic rings. The highest BCUT2D eigenvalue weighted by molar-refractivity contribution is 7.80. The van der Waals surface area contributed by atoms with Crippen molar-refractivity contribution in [2.75, 3.05) is 18.1 Å². The largest absolute Gasteiger partial charge is 0.458 e. The number of benzene rings is 1. The van der Waals surface area contributed by atoms with E-state index in [-0.39, 0.29) is 29.7 Å². The number of pyridine rings is 1. The highest BCUT2D eigenvalue weighted by atomic mass is 35.5. The Morgan fingerprint density at radius 3 is 2.88 bits per heavy atom. The molecule has 3 aliphatic rings. The SMILES string of the molecule is CC1(C)O[C@H]2[C@@H](COC(=O)c3ccc(N4Cc5cc(Cl)cc(Cl)c5OC4=S)cn3)OCC[C@H]2O1. The topological polar surface area (TPSA) is 79.4 Å². The molecule has 0 unspecified atom stereocenters. The molecule has 3 atom stereocenters. The summed E-state index contributed by atoms with van der Waals surface area (Å²) in [6, 6.07) is 6.67. The second-order valence-electron chi connectivity index (χ2n) is 8.67. The van der Waals surface area contributed by atoms with Gasteiger partial charge in [0, 0.05) is 17.2 Å². The summed E-state index contributed by atoms with van der Waals surface area (Å²) in [5.74, 6) is -0.747. The molecule has 1 aromatic carbocycles. The third-order valence-electron chi connectivity index (χ3n) is 5.79.